The Morgan fingerprint density at radius 3 is 2.59 bits per heavy atom. The molecule has 0 bridgehead atoms. The van der Waals surface area contributed by atoms with Gasteiger partial charge in [-0.05, 0) is 19.9 Å². The monoisotopic (exact) mass is 392 g/mol. The highest BCUT2D eigenvalue weighted by Crippen LogP contribution is 2.36. The van der Waals surface area contributed by atoms with E-state index >= 15 is 0 Å². The van der Waals surface area contributed by atoms with Crippen LogP contribution in [-0.2, 0) is 27.4 Å². The highest BCUT2D eigenvalue weighted by Gasteiger charge is 2.25. The Hall–Kier alpha value is -1.99. The Kier molecular flexibility index (Phi) is 8.19. The predicted molar refractivity (Wildman–Crippen MR) is 105 cm³/mol. The summed E-state index contributed by atoms with van der Waals surface area (Å²) in [5.41, 5.74) is 9.27. The molecule has 0 radical (unpaired) electrons. The van der Waals surface area contributed by atoms with Crippen molar-refractivity contribution in [2.75, 3.05) is 26.9 Å². The molecule has 2 aromatic rings. The van der Waals surface area contributed by atoms with E-state index in [1.807, 2.05) is 25.1 Å². The third kappa shape index (κ3) is 5.05. The number of aromatic nitrogens is 1. The normalized spacial score (nSPS) is 10.9. The quantitative estimate of drug-likeness (QED) is 0.519. The lowest BCUT2D eigenvalue weighted by Gasteiger charge is -2.20. The van der Waals surface area contributed by atoms with Crippen molar-refractivity contribution in [2.24, 2.45) is 5.73 Å². The Bertz CT molecular complexity index is 796. The molecule has 7 heteroatoms. The van der Waals surface area contributed by atoms with Crippen molar-refractivity contribution < 1.29 is 19.0 Å². The van der Waals surface area contributed by atoms with Crippen LogP contribution in [0, 0.1) is 6.92 Å². The zero-order valence-electron chi connectivity index (χ0n) is 15.9. The number of carbonyl (C=O) groups excluding carboxylic acids is 1. The summed E-state index contributed by atoms with van der Waals surface area (Å²) in [5.74, 6) is -0.470. The second kappa shape index (κ2) is 10.4. The summed E-state index contributed by atoms with van der Waals surface area (Å²) in [7, 11) is 1.35. The number of nitrogens with two attached hydrogens (primary N) is 1. The molecular weight excluding hydrogens is 368 g/mol. The maximum Gasteiger partial charge on any atom is 0.340 e. The Labute approximate surface area is 164 Å². The van der Waals surface area contributed by atoms with Crippen LogP contribution in [0.5, 0.6) is 0 Å². The largest absolute Gasteiger partial charge is 0.465 e. The molecule has 0 fully saturated rings. The van der Waals surface area contributed by atoms with Crippen LogP contribution in [0.15, 0.2) is 24.3 Å². The molecule has 0 aliphatic rings. The van der Waals surface area contributed by atoms with E-state index < -0.39 is 5.97 Å². The molecule has 2 N–H and O–H groups in total. The zero-order chi connectivity index (χ0) is 19.8. The minimum absolute atomic E-state index is 0.263. The van der Waals surface area contributed by atoms with E-state index in [0.717, 1.165) is 11.1 Å². The van der Waals surface area contributed by atoms with Gasteiger partial charge in [0.1, 0.15) is 0 Å². The highest BCUT2D eigenvalue weighted by molar-refractivity contribution is 6.33. The van der Waals surface area contributed by atoms with Crippen molar-refractivity contribution in [1.29, 1.82) is 0 Å². The molecule has 0 spiro atoms. The summed E-state index contributed by atoms with van der Waals surface area (Å²) in [6.07, 6.45) is 0. The van der Waals surface area contributed by atoms with Crippen LogP contribution in [0.3, 0.4) is 0 Å². The first kappa shape index (κ1) is 21.3. The molecule has 0 saturated carbocycles. The number of aryl methyl sites for hydroxylation is 1. The van der Waals surface area contributed by atoms with Gasteiger partial charge in [0.25, 0.3) is 0 Å². The minimum Gasteiger partial charge on any atom is -0.465 e. The van der Waals surface area contributed by atoms with Crippen molar-refractivity contribution in [3.63, 3.8) is 0 Å². The van der Waals surface area contributed by atoms with Crippen molar-refractivity contribution in [3.8, 4) is 11.1 Å². The van der Waals surface area contributed by atoms with Crippen LogP contribution < -0.4 is 5.73 Å². The lowest BCUT2D eigenvalue weighted by atomic mass is 9.92. The van der Waals surface area contributed by atoms with Crippen LogP contribution in [0.25, 0.3) is 11.1 Å². The molecule has 1 heterocycles. The Balaban J connectivity index is 2.75. The number of nitrogens with zero attached hydrogens (tertiary/aromatic N) is 1. The lowest BCUT2D eigenvalue weighted by molar-refractivity contribution is 0.0599. The SMILES string of the molecule is CCOCc1c(COCCN)nc(C)c(C(=O)OC)c1-c1ccccc1Cl. The fourth-order valence-electron chi connectivity index (χ4n) is 2.85. The van der Waals surface area contributed by atoms with E-state index in [1.54, 1.807) is 13.0 Å². The number of ether oxygens (including phenoxy) is 3. The van der Waals surface area contributed by atoms with Gasteiger partial charge in [-0.1, -0.05) is 29.8 Å². The number of hydrogen-bond acceptors (Lipinski definition) is 6. The Morgan fingerprint density at radius 1 is 1.22 bits per heavy atom. The molecule has 0 saturated heterocycles. The topological polar surface area (TPSA) is 83.7 Å². The van der Waals surface area contributed by atoms with Gasteiger partial charge >= 0.3 is 5.97 Å². The van der Waals surface area contributed by atoms with Crippen molar-refractivity contribution in [1.82, 2.24) is 4.98 Å². The summed E-state index contributed by atoms with van der Waals surface area (Å²) in [4.78, 5) is 17.1. The average Bonchev–Trinajstić information content (AvgIpc) is 2.67. The molecule has 1 aromatic heterocycles. The number of hydrogen-bond donors (Lipinski definition) is 1. The molecule has 0 amide bonds. The van der Waals surface area contributed by atoms with E-state index in [0.29, 0.717) is 47.3 Å². The van der Waals surface area contributed by atoms with E-state index in [1.165, 1.54) is 7.11 Å². The van der Waals surface area contributed by atoms with Gasteiger partial charge in [0.2, 0.25) is 0 Å². The summed E-state index contributed by atoms with van der Waals surface area (Å²) >= 11 is 6.45. The van der Waals surface area contributed by atoms with Crippen molar-refractivity contribution in [2.45, 2.75) is 27.1 Å². The van der Waals surface area contributed by atoms with E-state index in [-0.39, 0.29) is 13.2 Å². The van der Waals surface area contributed by atoms with E-state index in [2.05, 4.69) is 4.98 Å². The molecule has 2 rings (SSSR count). The highest BCUT2D eigenvalue weighted by atomic mass is 35.5. The van der Waals surface area contributed by atoms with E-state index in [9.17, 15) is 4.79 Å². The van der Waals surface area contributed by atoms with Crippen LogP contribution in [0.2, 0.25) is 5.02 Å². The summed E-state index contributed by atoms with van der Waals surface area (Å²) in [6.45, 7) is 5.56. The number of benzene rings is 1. The Morgan fingerprint density at radius 2 is 1.96 bits per heavy atom. The third-order valence-corrected chi connectivity index (χ3v) is 4.38. The predicted octanol–water partition coefficient (Wildman–Crippen LogP) is 3.51. The van der Waals surface area contributed by atoms with Gasteiger partial charge in [0.05, 0.1) is 43.9 Å². The number of methoxy groups -OCH3 is 1. The molecule has 6 nitrogen and oxygen atoms in total. The molecule has 0 aliphatic carbocycles. The first-order chi connectivity index (χ1) is 13.0. The van der Waals surface area contributed by atoms with Crippen LogP contribution in [0.4, 0.5) is 0 Å². The molecule has 0 unspecified atom stereocenters. The number of pyridine rings is 1. The van der Waals surface area contributed by atoms with Crippen LogP contribution >= 0.6 is 11.6 Å². The van der Waals surface area contributed by atoms with Crippen LogP contribution in [0.1, 0.15) is 34.2 Å². The van der Waals surface area contributed by atoms with Crippen molar-refractivity contribution >= 4 is 17.6 Å². The maximum atomic E-state index is 12.5. The maximum absolute atomic E-state index is 12.5. The summed E-state index contributed by atoms with van der Waals surface area (Å²) in [5, 5.41) is 0.528. The van der Waals surface area contributed by atoms with Gasteiger partial charge in [-0.3, -0.25) is 4.98 Å². The fraction of sp³-hybridized carbons (Fsp3) is 0.400. The van der Waals surface area contributed by atoms with Gasteiger partial charge in [0, 0.05) is 34.9 Å². The number of halogens is 1. The molecule has 1 aromatic carbocycles. The first-order valence-corrected chi connectivity index (χ1v) is 9.14. The second-order valence-corrected chi connectivity index (χ2v) is 6.23. The number of carbonyl (C=O) groups is 1. The third-order valence-electron chi connectivity index (χ3n) is 4.05. The first-order valence-electron chi connectivity index (χ1n) is 8.76. The standard InChI is InChI=1S/C20H25ClN2O4/c1-4-26-11-15-17(12-27-10-9-22)23-13(2)18(20(24)25-3)19(15)14-7-5-6-8-16(14)21/h5-8H,4,9-12,22H2,1-3H3. The second-order valence-electron chi connectivity index (χ2n) is 5.82. The fourth-order valence-corrected chi connectivity index (χ4v) is 3.08. The molecular formula is C20H25ClN2O4. The van der Waals surface area contributed by atoms with Gasteiger partial charge in [-0.25, -0.2) is 4.79 Å². The molecule has 0 aliphatic heterocycles. The number of rotatable bonds is 9. The zero-order valence-corrected chi connectivity index (χ0v) is 16.6. The summed E-state index contributed by atoms with van der Waals surface area (Å²) < 4.78 is 16.3. The summed E-state index contributed by atoms with van der Waals surface area (Å²) in [6, 6.07) is 7.35. The lowest BCUT2D eigenvalue weighted by Crippen LogP contribution is -2.16. The minimum atomic E-state index is -0.470. The number of esters is 1. The molecule has 146 valence electrons. The van der Waals surface area contributed by atoms with Gasteiger partial charge < -0.3 is 19.9 Å². The van der Waals surface area contributed by atoms with E-state index in [4.69, 9.17) is 31.5 Å². The van der Waals surface area contributed by atoms with Gasteiger partial charge in [0.15, 0.2) is 0 Å². The molecule has 0 atom stereocenters. The van der Waals surface area contributed by atoms with Gasteiger partial charge in [-0.2, -0.15) is 0 Å². The van der Waals surface area contributed by atoms with Crippen LogP contribution in [-0.4, -0.2) is 37.8 Å². The van der Waals surface area contributed by atoms with Crippen molar-refractivity contribution in [3.05, 3.63) is 51.8 Å². The smallest absolute Gasteiger partial charge is 0.340 e. The average molecular weight is 393 g/mol. The molecule has 27 heavy (non-hydrogen) atoms. The van der Waals surface area contributed by atoms with Gasteiger partial charge in [-0.15, -0.1) is 0 Å².